The van der Waals surface area contributed by atoms with E-state index >= 15 is 0 Å². The summed E-state index contributed by atoms with van der Waals surface area (Å²) in [6.45, 7) is -0.464. The van der Waals surface area contributed by atoms with Crippen LogP contribution in [0.3, 0.4) is 0 Å². The van der Waals surface area contributed by atoms with Crippen LogP contribution in [0.1, 0.15) is 11.8 Å². The third-order valence-corrected chi connectivity index (χ3v) is 5.73. The number of nitrogens with zero attached hydrogens (tertiary/aromatic N) is 3. The van der Waals surface area contributed by atoms with Crippen LogP contribution in [0.15, 0.2) is 40.3 Å². The van der Waals surface area contributed by atoms with Crippen molar-refractivity contribution in [2.45, 2.75) is 36.1 Å². The lowest BCUT2D eigenvalue weighted by atomic mass is 10.1. The minimum absolute atomic E-state index is 0.0548. The molecule has 6 N–H and O–H groups in total. The van der Waals surface area contributed by atoms with Gasteiger partial charge in [0.05, 0.1) is 6.61 Å². The van der Waals surface area contributed by atoms with E-state index in [2.05, 4.69) is 15.0 Å². The van der Waals surface area contributed by atoms with E-state index in [1.54, 1.807) is 0 Å². The molecule has 0 unspecified atom stereocenters. The number of aromatic amines is 1. The Morgan fingerprint density at radius 3 is 2.66 bits per heavy atom. The maximum Gasteiger partial charge on any atom is 0.280 e. The average molecular weight is 419 g/mol. The minimum atomic E-state index is -1.33. The summed E-state index contributed by atoms with van der Waals surface area (Å²) in [5.74, 6) is 0.548. The molecule has 11 heteroatoms. The minimum Gasteiger partial charge on any atom is -0.394 e. The standard InChI is InChI=1S/C18H21N5O5S/c19-17-21-14-11(15(27)22-17)20-18(29-7-6-9-4-2-1-3-5-9)23(14)16-13(26)12(25)10(8-24)28-16/h1-5,10,12-13,16,24-26H,6-8H2,(H3,19,21,22,27)/t10-,12+,13-,16-/m1/s1. The number of hydrogen-bond acceptors (Lipinski definition) is 9. The van der Waals surface area contributed by atoms with Crippen LogP contribution in [-0.4, -0.2) is 65.5 Å². The first-order valence-corrected chi connectivity index (χ1v) is 10.0. The summed E-state index contributed by atoms with van der Waals surface area (Å²) in [4.78, 5) is 23.2. The van der Waals surface area contributed by atoms with Crippen molar-refractivity contribution >= 4 is 28.9 Å². The zero-order chi connectivity index (χ0) is 20.5. The number of fused-ring (bicyclic) bond motifs is 1. The molecule has 1 aromatic carbocycles. The molecule has 0 bridgehead atoms. The second kappa shape index (κ2) is 8.13. The van der Waals surface area contributed by atoms with E-state index in [4.69, 9.17) is 10.5 Å². The largest absolute Gasteiger partial charge is 0.394 e. The Labute approximate surface area is 169 Å². The van der Waals surface area contributed by atoms with Gasteiger partial charge in [-0.25, -0.2) is 4.98 Å². The SMILES string of the molecule is Nc1nc2c(nc(SCCc3ccccc3)n2[C@@H]2O[C@H](CO)[C@H](O)[C@H]2O)c(=O)[nH]1. The molecule has 0 spiro atoms. The summed E-state index contributed by atoms with van der Waals surface area (Å²) in [7, 11) is 0. The third-order valence-electron chi connectivity index (χ3n) is 4.77. The Morgan fingerprint density at radius 2 is 1.97 bits per heavy atom. The van der Waals surface area contributed by atoms with Crippen LogP contribution in [-0.2, 0) is 11.2 Å². The lowest BCUT2D eigenvalue weighted by molar-refractivity contribution is -0.0548. The number of H-pyrrole nitrogens is 1. The van der Waals surface area contributed by atoms with Gasteiger partial charge >= 0.3 is 0 Å². The van der Waals surface area contributed by atoms with Gasteiger partial charge in [-0.1, -0.05) is 42.1 Å². The predicted molar refractivity (Wildman–Crippen MR) is 106 cm³/mol. The Bertz CT molecular complexity index is 1060. The molecule has 0 aliphatic carbocycles. The first-order chi connectivity index (χ1) is 14.0. The molecule has 4 atom stereocenters. The van der Waals surface area contributed by atoms with Crippen molar-refractivity contribution in [3.8, 4) is 0 Å². The zero-order valence-corrected chi connectivity index (χ0v) is 16.1. The Balaban J connectivity index is 1.70. The third kappa shape index (κ3) is 3.74. The molecule has 1 aliphatic rings. The average Bonchev–Trinajstić information content (AvgIpc) is 3.20. The number of aromatic nitrogens is 4. The molecular formula is C18H21N5O5S. The fourth-order valence-corrected chi connectivity index (χ4v) is 4.32. The molecule has 0 radical (unpaired) electrons. The second-order valence-corrected chi connectivity index (χ2v) is 7.76. The summed E-state index contributed by atoms with van der Waals surface area (Å²) in [5.41, 5.74) is 6.52. The molecule has 3 heterocycles. The Hall–Kier alpha value is -2.44. The number of aliphatic hydroxyl groups is 3. The predicted octanol–water partition coefficient (Wildman–Crippen LogP) is -0.352. The van der Waals surface area contributed by atoms with E-state index in [1.165, 1.54) is 16.3 Å². The van der Waals surface area contributed by atoms with Gasteiger partial charge in [0.25, 0.3) is 5.56 Å². The first kappa shape index (κ1) is 19.9. The number of ether oxygens (including phenoxy) is 1. The molecule has 29 heavy (non-hydrogen) atoms. The molecule has 154 valence electrons. The number of nitrogens with two attached hydrogens (primary N) is 1. The second-order valence-electron chi connectivity index (χ2n) is 6.70. The molecule has 10 nitrogen and oxygen atoms in total. The number of anilines is 1. The van der Waals surface area contributed by atoms with Crippen LogP contribution >= 0.6 is 11.8 Å². The summed E-state index contributed by atoms with van der Waals surface area (Å²) < 4.78 is 7.10. The van der Waals surface area contributed by atoms with Crippen LogP contribution in [0.4, 0.5) is 5.95 Å². The number of aryl methyl sites for hydroxylation is 1. The Morgan fingerprint density at radius 1 is 1.21 bits per heavy atom. The topological polar surface area (TPSA) is 160 Å². The number of hydrogen-bond donors (Lipinski definition) is 5. The number of nitrogens with one attached hydrogen (secondary N) is 1. The van der Waals surface area contributed by atoms with Gasteiger partial charge in [-0.15, -0.1) is 0 Å². The molecule has 0 amide bonds. The zero-order valence-electron chi connectivity index (χ0n) is 15.3. The highest BCUT2D eigenvalue weighted by molar-refractivity contribution is 7.99. The molecule has 4 rings (SSSR count). The van der Waals surface area contributed by atoms with Crippen molar-refractivity contribution in [2.24, 2.45) is 0 Å². The number of rotatable bonds is 6. The lowest BCUT2D eigenvalue weighted by Gasteiger charge is -2.19. The van der Waals surface area contributed by atoms with Crippen molar-refractivity contribution in [3.63, 3.8) is 0 Å². The van der Waals surface area contributed by atoms with Crippen LogP contribution in [0.5, 0.6) is 0 Å². The quantitative estimate of drug-likeness (QED) is 0.336. The van der Waals surface area contributed by atoms with Crippen molar-refractivity contribution in [1.29, 1.82) is 0 Å². The van der Waals surface area contributed by atoms with E-state index < -0.39 is 36.7 Å². The summed E-state index contributed by atoms with van der Waals surface area (Å²) >= 11 is 1.36. The van der Waals surface area contributed by atoms with Gasteiger partial charge in [0, 0.05) is 5.75 Å². The van der Waals surface area contributed by atoms with E-state index in [-0.39, 0.29) is 17.1 Å². The van der Waals surface area contributed by atoms with Crippen LogP contribution in [0.2, 0.25) is 0 Å². The summed E-state index contributed by atoms with van der Waals surface area (Å²) in [5, 5.41) is 30.4. The summed E-state index contributed by atoms with van der Waals surface area (Å²) in [6.07, 6.45) is -3.89. The molecular weight excluding hydrogens is 398 g/mol. The lowest BCUT2D eigenvalue weighted by Crippen LogP contribution is -2.33. The first-order valence-electron chi connectivity index (χ1n) is 9.06. The maximum absolute atomic E-state index is 12.3. The van der Waals surface area contributed by atoms with Gasteiger partial charge in [-0.3, -0.25) is 14.3 Å². The highest BCUT2D eigenvalue weighted by Crippen LogP contribution is 2.35. The normalized spacial score (nSPS) is 24.4. The molecule has 0 saturated carbocycles. The van der Waals surface area contributed by atoms with E-state index in [0.29, 0.717) is 10.9 Å². The van der Waals surface area contributed by atoms with E-state index in [9.17, 15) is 20.1 Å². The molecule has 1 fully saturated rings. The number of imidazole rings is 1. The van der Waals surface area contributed by atoms with Crippen LogP contribution < -0.4 is 11.3 Å². The number of benzene rings is 1. The molecule has 3 aromatic rings. The van der Waals surface area contributed by atoms with Crippen molar-refractivity contribution < 1.29 is 20.1 Å². The van der Waals surface area contributed by atoms with E-state index in [1.807, 2.05) is 30.3 Å². The van der Waals surface area contributed by atoms with Crippen molar-refractivity contribution in [2.75, 3.05) is 18.1 Å². The number of thioether (sulfide) groups is 1. The fourth-order valence-electron chi connectivity index (χ4n) is 3.31. The maximum atomic E-state index is 12.3. The van der Waals surface area contributed by atoms with Crippen LogP contribution in [0.25, 0.3) is 11.2 Å². The van der Waals surface area contributed by atoms with Gasteiger partial charge in [0.1, 0.15) is 18.3 Å². The van der Waals surface area contributed by atoms with Gasteiger partial charge in [0.15, 0.2) is 22.5 Å². The molecule has 2 aromatic heterocycles. The Kier molecular flexibility index (Phi) is 5.56. The number of aliphatic hydroxyl groups excluding tert-OH is 3. The smallest absolute Gasteiger partial charge is 0.280 e. The number of nitrogen functional groups attached to an aromatic ring is 1. The van der Waals surface area contributed by atoms with E-state index in [0.717, 1.165) is 12.0 Å². The molecule has 1 saturated heterocycles. The summed E-state index contributed by atoms with van der Waals surface area (Å²) in [6, 6.07) is 9.90. The van der Waals surface area contributed by atoms with Gasteiger partial charge in [0.2, 0.25) is 5.95 Å². The molecule has 1 aliphatic heterocycles. The van der Waals surface area contributed by atoms with Crippen molar-refractivity contribution in [3.05, 3.63) is 46.2 Å². The van der Waals surface area contributed by atoms with Crippen molar-refractivity contribution in [1.82, 2.24) is 19.5 Å². The fraction of sp³-hybridized carbons (Fsp3) is 0.389. The van der Waals surface area contributed by atoms with Gasteiger partial charge in [-0.05, 0) is 12.0 Å². The van der Waals surface area contributed by atoms with Gasteiger partial charge < -0.3 is 25.8 Å². The highest BCUT2D eigenvalue weighted by Gasteiger charge is 2.45. The van der Waals surface area contributed by atoms with Crippen LogP contribution in [0, 0.1) is 0 Å². The highest BCUT2D eigenvalue weighted by atomic mass is 32.2. The monoisotopic (exact) mass is 419 g/mol. The van der Waals surface area contributed by atoms with Gasteiger partial charge in [-0.2, -0.15) is 4.98 Å².